The van der Waals surface area contributed by atoms with Gasteiger partial charge in [0.15, 0.2) is 0 Å². The van der Waals surface area contributed by atoms with Crippen molar-refractivity contribution >= 4 is 16.8 Å². The van der Waals surface area contributed by atoms with Crippen LogP contribution in [0, 0.1) is 12.8 Å². The summed E-state index contributed by atoms with van der Waals surface area (Å²) in [7, 11) is 0. The first-order valence-electron chi connectivity index (χ1n) is 7.77. The van der Waals surface area contributed by atoms with Crippen LogP contribution in [0.2, 0.25) is 0 Å². The molecule has 1 unspecified atom stereocenters. The predicted octanol–water partition coefficient (Wildman–Crippen LogP) is 2.13. The molecule has 3 rings (SSSR count). The van der Waals surface area contributed by atoms with E-state index in [1.807, 2.05) is 0 Å². The number of carbonyl (C=O) groups excluding carboxylic acids is 1. The maximum atomic E-state index is 11.9. The Morgan fingerprint density at radius 2 is 2.33 bits per heavy atom. The van der Waals surface area contributed by atoms with Gasteiger partial charge >= 0.3 is 0 Å². The Kier molecular flexibility index (Phi) is 4.25. The minimum absolute atomic E-state index is 0.180. The zero-order chi connectivity index (χ0) is 14.7. The highest BCUT2D eigenvalue weighted by Crippen LogP contribution is 2.21. The fraction of sp³-hybridized carbons (Fsp3) is 0.471. The summed E-state index contributed by atoms with van der Waals surface area (Å²) >= 11 is 0. The zero-order valence-corrected chi connectivity index (χ0v) is 12.5. The third-order valence-corrected chi connectivity index (χ3v) is 4.36. The zero-order valence-electron chi connectivity index (χ0n) is 12.5. The second-order valence-electron chi connectivity index (χ2n) is 5.97. The first-order valence-corrected chi connectivity index (χ1v) is 7.77. The molecule has 2 heterocycles. The first-order chi connectivity index (χ1) is 10.2. The Morgan fingerprint density at radius 3 is 3.14 bits per heavy atom. The monoisotopic (exact) mass is 285 g/mol. The summed E-state index contributed by atoms with van der Waals surface area (Å²) in [5.41, 5.74) is 3.74. The lowest BCUT2D eigenvalue weighted by atomic mass is 10.0. The lowest BCUT2D eigenvalue weighted by Gasteiger charge is -2.08. The van der Waals surface area contributed by atoms with Gasteiger partial charge in [-0.1, -0.05) is 18.2 Å². The molecule has 0 radical (unpaired) electrons. The molecule has 1 aliphatic rings. The first kappa shape index (κ1) is 14.1. The fourth-order valence-electron chi connectivity index (χ4n) is 3.13. The summed E-state index contributed by atoms with van der Waals surface area (Å²) in [6.07, 6.45) is 4.71. The van der Waals surface area contributed by atoms with E-state index in [9.17, 15) is 4.79 Å². The molecule has 112 valence electrons. The van der Waals surface area contributed by atoms with E-state index in [-0.39, 0.29) is 5.91 Å². The molecule has 1 aromatic carbocycles. The Bertz CT molecular complexity index is 626. The minimum atomic E-state index is 0.180. The van der Waals surface area contributed by atoms with Gasteiger partial charge in [0.2, 0.25) is 5.91 Å². The summed E-state index contributed by atoms with van der Waals surface area (Å²) in [5, 5.41) is 7.61. The van der Waals surface area contributed by atoms with E-state index < -0.39 is 0 Å². The molecule has 0 spiro atoms. The van der Waals surface area contributed by atoms with Gasteiger partial charge in [-0.3, -0.25) is 4.79 Å². The number of H-pyrrole nitrogens is 1. The second kappa shape index (κ2) is 6.31. The highest BCUT2D eigenvalue weighted by Gasteiger charge is 2.17. The van der Waals surface area contributed by atoms with Crippen LogP contribution in [0.15, 0.2) is 24.4 Å². The summed E-state index contributed by atoms with van der Waals surface area (Å²) in [6.45, 7) is 4.85. The minimum Gasteiger partial charge on any atom is -0.361 e. The number of rotatable bonds is 5. The average Bonchev–Trinajstić information content (AvgIpc) is 3.10. The van der Waals surface area contributed by atoms with Crippen LogP contribution in [0.5, 0.6) is 0 Å². The standard InChI is InChI=1S/C17H23N3O/c1-12-3-2-4-15-14(11-20-17(12)15)6-8-19-16(21)9-13-5-7-18-10-13/h2-4,11,13,18,20H,5-10H2,1H3,(H,19,21). The second-order valence-corrected chi connectivity index (χ2v) is 5.97. The highest BCUT2D eigenvalue weighted by molar-refractivity contribution is 5.86. The van der Waals surface area contributed by atoms with Crippen LogP contribution in [0.3, 0.4) is 0 Å². The van der Waals surface area contributed by atoms with Crippen LogP contribution in [-0.2, 0) is 11.2 Å². The van der Waals surface area contributed by atoms with Gasteiger partial charge in [-0.15, -0.1) is 0 Å². The normalized spacial score (nSPS) is 18.2. The number of carbonyl (C=O) groups is 1. The lowest BCUT2D eigenvalue weighted by Crippen LogP contribution is -2.28. The van der Waals surface area contributed by atoms with Crippen molar-refractivity contribution in [1.29, 1.82) is 0 Å². The number of para-hydroxylation sites is 1. The number of aryl methyl sites for hydroxylation is 1. The van der Waals surface area contributed by atoms with Gasteiger partial charge in [-0.05, 0) is 49.9 Å². The third kappa shape index (κ3) is 3.27. The van der Waals surface area contributed by atoms with Gasteiger partial charge in [0, 0.05) is 30.1 Å². The van der Waals surface area contributed by atoms with Gasteiger partial charge < -0.3 is 15.6 Å². The number of hydrogen-bond donors (Lipinski definition) is 3. The van der Waals surface area contributed by atoms with Gasteiger partial charge in [0.05, 0.1) is 0 Å². The van der Waals surface area contributed by atoms with E-state index in [1.54, 1.807) is 0 Å². The van der Waals surface area contributed by atoms with Gasteiger partial charge in [-0.25, -0.2) is 0 Å². The van der Waals surface area contributed by atoms with Crippen molar-refractivity contribution in [3.05, 3.63) is 35.5 Å². The van der Waals surface area contributed by atoms with Crippen molar-refractivity contribution in [3.8, 4) is 0 Å². The Balaban J connectivity index is 1.52. The van der Waals surface area contributed by atoms with Gasteiger partial charge in [-0.2, -0.15) is 0 Å². The van der Waals surface area contributed by atoms with Crippen LogP contribution in [0.1, 0.15) is 24.0 Å². The predicted molar refractivity (Wildman–Crippen MR) is 85.3 cm³/mol. The van der Waals surface area contributed by atoms with Crippen LogP contribution in [0.4, 0.5) is 0 Å². The maximum absolute atomic E-state index is 11.9. The molecule has 21 heavy (non-hydrogen) atoms. The van der Waals surface area contributed by atoms with E-state index >= 15 is 0 Å². The number of nitrogens with one attached hydrogen (secondary N) is 3. The molecule has 1 atom stereocenters. The average molecular weight is 285 g/mol. The van der Waals surface area contributed by atoms with Crippen LogP contribution in [0.25, 0.3) is 10.9 Å². The van der Waals surface area contributed by atoms with Crippen LogP contribution >= 0.6 is 0 Å². The molecule has 0 saturated carbocycles. The molecule has 0 aliphatic carbocycles. The number of hydrogen-bond acceptors (Lipinski definition) is 2. The summed E-state index contributed by atoms with van der Waals surface area (Å²) < 4.78 is 0. The largest absolute Gasteiger partial charge is 0.361 e. The molecule has 1 aliphatic heterocycles. The molecule has 1 fully saturated rings. The molecular formula is C17H23N3O. The Labute approximate surface area is 125 Å². The SMILES string of the molecule is Cc1cccc2c(CCNC(=O)CC3CCNC3)c[nH]c12. The molecule has 4 heteroatoms. The number of aromatic nitrogens is 1. The molecule has 1 aromatic heterocycles. The van der Waals surface area contributed by atoms with E-state index in [4.69, 9.17) is 0 Å². The highest BCUT2D eigenvalue weighted by atomic mass is 16.1. The number of benzene rings is 1. The topological polar surface area (TPSA) is 56.9 Å². The number of aromatic amines is 1. The van der Waals surface area contributed by atoms with Crippen molar-refractivity contribution in [2.45, 2.75) is 26.2 Å². The van der Waals surface area contributed by atoms with Crippen molar-refractivity contribution in [2.24, 2.45) is 5.92 Å². The lowest BCUT2D eigenvalue weighted by molar-refractivity contribution is -0.121. The van der Waals surface area contributed by atoms with Crippen molar-refractivity contribution in [3.63, 3.8) is 0 Å². The van der Waals surface area contributed by atoms with E-state index in [2.05, 4.69) is 46.9 Å². The van der Waals surface area contributed by atoms with Crippen LogP contribution < -0.4 is 10.6 Å². The smallest absolute Gasteiger partial charge is 0.220 e. The molecular weight excluding hydrogens is 262 g/mol. The number of amides is 1. The van der Waals surface area contributed by atoms with Crippen molar-refractivity contribution in [1.82, 2.24) is 15.6 Å². The van der Waals surface area contributed by atoms with E-state index in [1.165, 1.54) is 22.0 Å². The summed E-state index contributed by atoms with van der Waals surface area (Å²) in [6, 6.07) is 6.33. The molecule has 3 N–H and O–H groups in total. The van der Waals surface area contributed by atoms with Gasteiger partial charge in [0.1, 0.15) is 0 Å². The fourth-order valence-corrected chi connectivity index (χ4v) is 3.13. The van der Waals surface area contributed by atoms with Crippen LogP contribution in [-0.4, -0.2) is 30.5 Å². The van der Waals surface area contributed by atoms with E-state index in [0.29, 0.717) is 18.9 Å². The summed E-state index contributed by atoms with van der Waals surface area (Å²) in [4.78, 5) is 15.2. The quantitative estimate of drug-likeness (QED) is 0.788. The molecule has 0 bridgehead atoms. The van der Waals surface area contributed by atoms with Crippen molar-refractivity contribution in [2.75, 3.05) is 19.6 Å². The Hall–Kier alpha value is -1.81. The third-order valence-electron chi connectivity index (χ3n) is 4.36. The molecule has 1 amide bonds. The van der Waals surface area contributed by atoms with Gasteiger partial charge in [0.25, 0.3) is 0 Å². The maximum Gasteiger partial charge on any atom is 0.220 e. The van der Waals surface area contributed by atoms with E-state index in [0.717, 1.165) is 25.9 Å². The van der Waals surface area contributed by atoms with Crippen molar-refractivity contribution < 1.29 is 4.79 Å². The summed E-state index contributed by atoms with van der Waals surface area (Å²) in [5.74, 6) is 0.695. The Morgan fingerprint density at radius 1 is 1.43 bits per heavy atom. The number of fused-ring (bicyclic) bond motifs is 1. The molecule has 2 aromatic rings. The molecule has 4 nitrogen and oxygen atoms in total. The molecule has 1 saturated heterocycles.